The summed E-state index contributed by atoms with van der Waals surface area (Å²) in [7, 11) is 0. The highest BCUT2D eigenvalue weighted by atomic mass is 16.5. The third-order valence-electron chi connectivity index (χ3n) is 4.87. The van der Waals surface area contributed by atoms with Gasteiger partial charge in [-0.1, -0.05) is 6.07 Å². The molecule has 0 saturated carbocycles. The standard InChI is InChI=1S/C21H25N5O3/c1-6-29-21(28)19-12(2)18(14(4)24-19)20(27)25-13(3)16-11-23-26(15(16)5)17-9-7-8-10-22-17/h7-11,13,24H,6H2,1-5H3,(H,25,27)/t13-/m0/s1. The second-order valence-electron chi connectivity index (χ2n) is 6.83. The molecule has 0 saturated heterocycles. The van der Waals surface area contributed by atoms with Crippen LogP contribution in [0.1, 0.15) is 63.3 Å². The monoisotopic (exact) mass is 395 g/mol. The highest BCUT2D eigenvalue weighted by Crippen LogP contribution is 2.22. The molecule has 0 unspecified atom stereocenters. The summed E-state index contributed by atoms with van der Waals surface area (Å²) in [6.07, 6.45) is 3.44. The molecule has 3 aromatic heterocycles. The van der Waals surface area contributed by atoms with Crippen molar-refractivity contribution in [2.45, 2.75) is 40.7 Å². The molecule has 152 valence electrons. The number of aryl methyl sites for hydroxylation is 1. The van der Waals surface area contributed by atoms with Crippen LogP contribution in [0.3, 0.4) is 0 Å². The molecule has 0 aliphatic carbocycles. The first-order valence-electron chi connectivity index (χ1n) is 9.48. The van der Waals surface area contributed by atoms with Gasteiger partial charge in [-0.3, -0.25) is 4.79 Å². The van der Waals surface area contributed by atoms with E-state index in [0.717, 1.165) is 11.3 Å². The fourth-order valence-corrected chi connectivity index (χ4v) is 3.40. The second-order valence-corrected chi connectivity index (χ2v) is 6.83. The zero-order valence-electron chi connectivity index (χ0n) is 17.2. The number of amides is 1. The van der Waals surface area contributed by atoms with Crippen LogP contribution in [0.25, 0.3) is 5.82 Å². The Balaban J connectivity index is 1.82. The number of nitrogens with one attached hydrogen (secondary N) is 2. The van der Waals surface area contributed by atoms with Crippen molar-refractivity contribution in [2.24, 2.45) is 0 Å². The lowest BCUT2D eigenvalue weighted by Crippen LogP contribution is -2.27. The average Bonchev–Trinajstić information content (AvgIpc) is 3.22. The Morgan fingerprint density at radius 3 is 2.69 bits per heavy atom. The average molecular weight is 395 g/mol. The molecule has 1 atom stereocenters. The molecule has 0 spiro atoms. The second kappa shape index (κ2) is 8.30. The molecule has 29 heavy (non-hydrogen) atoms. The topological polar surface area (TPSA) is 102 Å². The first-order chi connectivity index (χ1) is 13.8. The van der Waals surface area contributed by atoms with Crippen LogP contribution in [-0.2, 0) is 4.74 Å². The number of nitrogens with zero attached hydrogens (tertiary/aromatic N) is 3. The van der Waals surface area contributed by atoms with E-state index in [1.807, 2.05) is 32.0 Å². The van der Waals surface area contributed by atoms with E-state index in [0.29, 0.717) is 28.3 Å². The van der Waals surface area contributed by atoms with Crippen molar-refractivity contribution in [1.82, 2.24) is 25.1 Å². The van der Waals surface area contributed by atoms with Crippen molar-refractivity contribution in [1.29, 1.82) is 0 Å². The zero-order chi connectivity index (χ0) is 21.1. The first kappa shape index (κ1) is 20.3. The van der Waals surface area contributed by atoms with Gasteiger partial charge in [-0.05, 0) is 52.3 Å². The zero-order valence-corrected chi connectivity index (χ0v) is 17.2. The van der Waals surface area contributed by atoms with Crippen LogP contribution < -0.4 is 5.32 Å². The van der Waals surface area contributed by atoms with Gasteiger partial charge in [-0.25, -0.2) is 14.5 Å². The van der Waals surface area contributed by atoms with Crippen molar-refractivity contribution in [2.75, 3.05) is 6.61 Å². The number of pyridine rings is 1. The maximum Gasteiger partial charge on any atom is 0.355 e. The van der Waals surface area contributed by atoms with Crippen LogP contribution in [0, 0.1) is 20.8 Å². The molecule has 0 aliphatic heterocycles. The third kappa shape index (κ3) is 3.91. The van der Waals surface area contributed by atoms with Crippen molar-refractivity contribution in [3.8, 4) is 5.82 Å². The number of H-pyrrole nitrogens is 1. The maximum absolute atomic E-state index is 12.9. The molecule has 8 heteroatoms. The Hall–Kier alpha value is -3.42. The molecular formula is C21H25N5O3. The maximum atomic E-state index is 12.9. The van der Waals surface area contributed by atoms with Gasteiger partial charge >= 0.3 is 5.97 Å². The van der Waals surface area contributed by atoms with Crippen LogP contribution in [0.15, 0.2) is 30.6 Å². The predicted molar refractivity (Wildman–Crippen MR) is 108 cm³/mol. The Bertz CT molecular complexity index is 1040. The SMILES string of the molecule is CCOC(=O)c1[nH]c(C)c(C(=O)N[C@@H](C)c2cnn(-c3ccccn3)c2C)c1C. The van der Waals surface area contributed by atoms with Gasteiger partial charge in [0.15, 0.2) is 5.82 Å². The minimum absolute atomic E-state index is 0.260. The number of ether oxygens (including phenoxy) is 1. The number of hydrogen-bond donors (Lipinski definition) is 2. The van der Waals surface area contributed by atoms with Gasteiger partial charge < -0.3 is 15.0 Å². The number of aromatic nitrogens is 4. The quantitative estimate of drug-likeness (QED) is 0.624. The molecular weight excluding hydrogens is 370 g/mol. The largest absolute Gasteiger partial charge is 0.461 e. The number of carbonyl (C=O) groups excluding carboxylic acids is 2. The summed E-state index contributed by atoms with van der Waals surface area (Å²) in [6, 6.07) is 5.33. The number of rotatable bonds is 6. The Morgan fingerprint density at radius 2 is 2.03 bits per heavy atom. The molecule has 2 N–H and O–H groups in total. The van der Waals surface area contributed by atoms with Gasteiger partial charge in [0.1, 0.15) is 5.69 Å². The Kier molecular flexibility index (Phi) is 5.81. The fraction of sp³-hybridized carbons (Fsp3) is 0.333. The van der Waals surface area contributed by atoms with Gasteiger partial charge in [0.25, 0.3) is 5.91 Å². The van der Waals surface area contributed by atoms with E-state index in [2.05, 4.69) is 20.4 Å². The summed E-state index contributed by atoms with van der Waals surface area (Å²) in [4.78, 5) is 32.3. The molecule has 8 nitrogen and oxygen atoms in total. The smallest absolute Gasteiger partial charge is 0.355 e. The minimum Gasteiger partial charge on any atom is -0.461 e. The van der Waals surface area contributed by atoms with Crippen molar-refractivity contribution >= 4 is 11.9 Å². The van der Waals surface area contributed by atoms with E-state index in [-0.39, 0.29) is 18.6 Å². The van der Waals surface area contributed by atoms with Gasteiger partial charge in [0, 0.05) is 23.1 Å². The summed E-state index contributed by atoms with van der Waals surface area (Å²) in [5, 5.41) is 7.40. The molecule has 3 aromatic rings. The molecule has 3 heterocycles. The normalized spacial score (nSPS) is 11.9. The molecule has 3 rings (SSSR count). The summed E-state index contributed by atoms with van der Waals surface area (Å²) in [5.41, 5.74) is 3.74. The van der Waals surface area contributed by atoms with Crippen LogP contribution in [0.5, 0.6) is 0 Å². The lowest BCUT2D eigenvalue weighted by molar-refractivity contribution is 0.0519. The molecule has 0 fully saturated rings. The lowest BCUT2D eigenvalue weighted by Gasteiger charge is -2.14. The van der Waals surface area contributed by atoms with E-state index in [1.54, 1.807) is 37.8 Å². The number of hydrogen-bond acceptors (Lipinski definition) is 5. The number of carbonyl (C=O) groups is 2. The number of esters is 1. The lowest BCUT2D eigenvalue weighted by atomic mass is 10.1. The Labute approximate surface area is 169 Å². The molecule has 1 amide bonds. The fourth-order valence-electron chi connectivity index (χ4n) is 3.40. The van der Waals surface area contributed by atoms with E-state index >= 15 is 0 Å². The minimum atomic E-state index is -0.465. The third-order valence-corrected chi connectivity index (χ3v) is 4.87. The molecule has 0 bridgehead atoms. The van der Waals surface area contributed by atoms with Gasteiger partial charge in [0.05, 0.1) is 24.4 Å². The van der Waals surface area contributed by atoms with Crippen molar-refractivity contribution in [3.63, 3.8) is 0 Å². The van der Waals surface area contributed by atoms with Crippen molar-refractivity contribution in [3.05, 3.63) is 64.4 Å². The Morgan fingerprint density at radius 1 is 1.28 bits per heavy atom. The number of aromatic amines is 1. The van der Waals surface area contributed by atoms with E-state index < -0.39 is 5.97 Å². The highest BCUT2D eigenvalue weighted by molar-refractivity contribution is 6.01. The van der Waals surface area contributed by atoms with Gasteiger partial charge in [-0.15, -0.1) is 0 Å². The summed E-state index contributed by atoms with van der Waals surface area (Å²) < 4.78 is 6.79. The van der Waals surface area contributed by atoms with Crippen LogP contribution in [0.4, 0.5) is 0 Å². The van der Waals surface area contributed by atoms with Crippen LogP contribution in [0.2, 0.25) is 0 Å². The van der Waals surface area contributed by atoms with Crippen LogP contribution >= 0.6 is 0 Å². The van der Waals surface area contributed by atoms with Gasteiger partial charge in [0.2, 0.25) is 0 Å². The predicted octanol–water partition coefficient (Wildman–Crippen LogP) is 3.19. The van der Waals surface area contributed by atoms with Crippen LogP contribution in [-0.4, -0.2) is 38.2 Å². The molecule has 0 aliphatic rings. The summed E-state index contributed by atoms with van der Waals surface area (Å²) in [6.45, 7) is 9.35. The summed E-state index contributed by atoms with van der Waals surface area (Å²) in [5.74, 6) is -0.0110. The molecule has 0 aromatic carbocycles. The van der Waals surface area contributed by atoms with Crippen molar-refractivity contribution < 1.29 is 14.3 Å². The van der Waals surface area contributed by atoms with E-state index in [4.69, 9.17) is 4.74 Å². The van der Waals surface area contributed by atoms with E-state index in [9.17, 15) is 9.59 Å². The van der Waals surface area contributed by atoms with Gasteiger partial charge in [-0.2, -0.15) is 5.10 Å². The highest BCUT2D eigenvalue weighted by Gasteiger charge is 2.24. The first-order valence-corrected chi connectivity index (χ1v) is 9.48. The molecule has 0 radical (unpaired) electrons. The van der Waals surface area contributed by atoms with E-state index in [1.165, 1.54) is 0 Å². The summed E-state index contributed by atoms with van der Waals surface area (Å²) >= 11 is 0.